The van der Waals surface area contributed by atoms with Crippen LogP contribution in [0.15, 0.2) is 29.2 Å². The Bertz CT molecular complexity index is 1160. The number of amides is 1. The van der Waals surface area contributed by atoms with E-state index in [9.17, 15) is 22.4 Å². The maximum atomic E-state index is 13.3. The average molecular weight is 495 g/mol. The molecule has 0 spiro atoms. The van der Waals surface area contributed by atoms with Gasteiger partial charge in [0.25, 0.3) is 0 Å². The molecule has 178 valence electrons. The van der Waals surface area contributed by atoms with Gasteiger partial charge in [0.2, 0.25) is 15.9 Å². The van der Waals surface area contributed by atoms with Gasteiger partial charge < -0.3 is 10.1 Å². The molecule has 0 saturated carbocycles. The first-order valence-corrected chi connectivity index (χ1v) is 13.4. The van der Waals surface area contributed by atoms with Crippen LogP contribution in [0.25, 0.3) is 0 Å². The Labute approximate surface area is 197 Å². The molecule has 1 amide bonds. The lowest BCUT2D eigenvalue weighted by molar-refractivity contribution is -0.119. The van der Waals surface area contributed by atoms with Gasteiger partial charge in [-0.15, -0.1) is 11.3 Å². The number of benzene rings is 1. The van der Waals surface area contributed by atoms with Crippen LogP contribution in [0.2, 0.25) is 0 Å². The van der Waals surface area contributed by atoms with E-state index in [2.05, 4.69) is 12.2 Å². The maximum absolute atomic E-state index is 13.3. The van der Waals surface area contributed by atoms with Gasteiger partial charge >= 0.3 is 5.97 Å². The molecule has 2 heterocycles. The molecule has 1 aliphatic carbocycles. The number of anilines is 1. The van der Waals surface area contributed by atoms with Crippen LogP contribution in [0.5, 0.6) is 0 Å². The summed E-state index contributed by atoms with van der Waals surface area (Å²) in [5.74, 6) is -0.995. The highest BCUT2D eigenvalue weighted by molar-refractivity contribution is 7.89. The molecule has 2 atom stereocenters. The Morgan fingerprint density at radius 3 is 2.67 bits per heavy atom. The van der Waals surface area contributed by atoms with Crippen LogP contribution in [-0.2, 0) is 32.4 Å². The molecule has 10 heteroatoms. The van der Waals surface area contributed by atoms with Gasteiger partial charge in [-0.3, -0.25) is 4.79 Å². The lowest BCUT2D eigenvalue weighted by Crippen LogP contribution is -2.43. The lowest BCUT2D eigenvalue weighted by Gasteiger charge is -2.23. The Kier molecular flexibility index (Phi) is 6.88. The second kappa shape index (κ2) is 9.52. The first-order valence-electron chi connectivity index (χ1n) is 11.1. The molecule has 1 fully saturated rings. The summed E-state index contributed by atoms with van der Waals surface area (Å²) in [4.78, 5) is 27.0. The van der Waals surface area contributed by atoms with Crippen LogP contribution in [0, 0.1) is 11.7 Å². The Balaban J connectivity index is 1.61. The number of esters is 1. The number of halogens is 1. The molecular formula is C23H27FN2O5S2. The molecule has 4 rings (SSSR count). The van der Waals surface area contributed by atoms with E-state index in [1.165, 1.54) is 23.5 Å². The summed E-state index contributed by atoms with van der Waals surface area (Å²) in [5, 5.41) is 3.26. The molecule has 1 aromatic heterocycles. The van der Waals surface area contributed by atoms with E-state index >= 15 is 0 Å². The van der Waals surface area contributed by atoms with Gasteiger partial charge in [-0.25, -0.2) is 17.6 Å². The molecule has 2 aliphatic rings. The topological polar surface area (TPSA) is 92.8 Å². The molecule has 33 heavy (non-hydrogen) atoms. The van der Waals surface area contributed by atoms with Crippen molar-refractivity contribution in [2.45, 2.75) is 56.9 Å². The van der Waals surface area contributed by atoms with Crippen molar-refractivity contribution >= 4 is 38.2 Å². The minimum atomic E-state index is -3.97. The average Bonchev–Trinajstić information content (AvgIpc) is 3.39. The SMILES string of the molecule is CCOC(=O)c1c(NC(=O)C2CCCN2S(=O)(=O)c2ccc(F)cc2)sc2c1CCC(C)C2. The third-order valence-corrected chi connectivity index (χ3v) is 9.25. The second-order valence-corrected chi connectivity index (χ2v) is 11.5. The monoisotopic (exact) mass is 494 g/mol. The fourth-order valence-corrected chi connectivity index (χ4v) is 7.54. The Morgan fingerprint density at radius 1 is 1.24 bits per heavy atom. The fraction of sp³-hybridized carbons (Fsp3) is 0.478. The minimum Gasteiger partial charge on any atom is -0.462 e. The number of hydrogen-bond donors (Lipinski definition) is 1. The molecule has 7 nitrogen and oxygen atoms in total. The number of rotatable bonds is 6. The number of sulfonamides is 1. The van der Waals surface area contributed by atoms with E-state index in [1.807, 2.05) is 0 Å². The van der Waals surface area contributed by atoms with Crippen molar-refractivity contribution in [3.63, 3.8) is 0 Å². The van der Waals surface area contributed by atoms with Crippen molar-refractivity contribution in [2.24, 2.45) is 5.92 Å². The minimum absolute atomic E-state index is 0.0589. The predicted molar refractivity (Wildman–Crippen MR) is 123 cm³/mol. The zero-order valence-corrected chi connectivity index (χ0v) is 20.2. The van der Waals surface area contributed by atoms with Gasteiger partial charge in [0, 0.05) is 11.4 Å². The van der Waals surface area contributed by atoms with Gasteiger partial charge in [0.1, 0.15) is 16.9 Å². The first-order chi connectivity index (χ1) is 15.7. The number of carbonyl (C=O) groups is 2. The maximum Gasteiger partial charge on any atom is 0.341 e. The zero-order chi connectivity index (χ0) is 23.8. The Hall–Kier alpha value is -2.30. The molecule has 2 unspecified atom stereocenters. The fourth-order valence-electron chi connectivity index (χ4n) is 4.49. The molecule has 1 aromatic carbocycles. The quantitative estimate of drug-likeness (QED) is 0.613. The van der Waals surface area contributed by atoms with E-state index in [1.54, 1.807) is 6.92 Å². The molecule has 0 bridgehead atoms. The molecule has 0 radical (unpaired) electrons. The summed E-state index contributed by atoms with van der Waals surface area (Å²) >= 11 is 1.37. The highest BCUT2D eigenvalue weighted by Crippen LogP contribution is 2.40. The Morgan fingerprint density at radius 2 is 1.97 bits per heavy atom. The van der Waals surface area contributed by atoms with Crippen LogP contribution in [-0.4, -0.2) is 43.8 Å². The molecule has 1 aliphatic heterocycles. The predicted octanol–water partition coefficient (Wildman–Crippen LogP) is 3.98. The van der Waals surface area contributed by atoms with Crippen LogP contribution in [0.3, 0.4) is 0 Å². The van der Waals surface area contributed by atoms with Crippen LogP contribution in [0.4, 0.5) is 9.39 Å². The van der Waals surface area contributed by atoms with E-state index in [0.717, 1.165) is 46.1 Å². The third kappa shape index (κ3) is 4.69. The highest BCUT2D eigenvalue weighted by Gasteiger charge is 2.40. The van der Waals surface area contributed by atoms with Crippen molar-refractivity contribution in [1.82, 2.24) is 4.31 Å². The summed E-state index contributed by atoms with van der Waals surface area (Å²) in [7, 11) is -3.97. The number of ether oxygens (including phenoxy) is 1. The van der Waals surface area contributed by atoms with Gasteiger partial charge in [-0.1, -0.05) is 6.92 Å². The summed E-state index contributed by atoms with van der Waals surface area (Å²) in [6.07, 6.45) is 3.42. The summed E-state index contributed by atoms with van der Waals surface area (Å²) in [6.45, 7) is 4.30. The summed E-state index contributed by atoms with van der Waals surface area (Å²) < 4.78 is 45.9. The first kappa shape index (κ1) is 23.8. The van der Waals surface area contributed by atoms with Crippen LogP contribution < -0.4 is 5.32 Å². The largest absolute Gasteiger partial charge is 0.462 e. The van der Waals surface area contributed by atoms with Crippen LogP contribution in [0.1, 0.15) is 53.9 Å². The van der Waals surface area contributed by atoms with E-state index in [-0.39, 0.29) is 18.0 Å². The number of nitrogens with one attached hydrogen (secondary N) is 1. The smallest absolute Gasteiger partial charge is 0.341 e. The number of thiophene rings is 1. The van der Waals surface area contributed by atoms with E-state index in [4.69, 9.17) is 4.74 Å². The van der Waals surface area contributed by atoms with Crippen LogP contribution >= 0.6 is 11.3 Å². The van der Waals surface area contributed by atoms with E-state index in [0.29, 0.717) is 29.3 Å². The third-order valence-electron chi connectivity index (χ3n) is 6.15. The lowest BCUT2D eigenvalue weighted by atomic mass is 9.88. The van der Waals surface area contributed by atoms with Gasteiger partial charge in [0.15, 0.2) is 0 Å². The number of carbonyl (C=O) groups excluding carboxylic acids is 2. The van der Waals surface area contributed by atoms with Crippen molar-refractivity contribution in [3.05, 3.63) is 46.1 Å². The van der Waals surface area contributed by atoms with Gasteiger partial charge in [0.05, 0.1) is 17.1 Å². The van der Waals surface area contributed by atoms with Gasteiger partial charge in [-0.05, 0) is 74.8 Å². The molecule has 1 N–H and O–H groups in total. The normalized spacial score (nSPS) is 20.9. The van der Waals surface area contributed by atoms with Crippen molar-refractivity contribution < 1.29 is 27.1 Å². The summed E-state index contributed by atoms with van der Waals surface area (Å²) in [6, 6.07) is 3.66. The number of hydrogen-bond acceptors (Lipinski definition) is 6. The number of nitrogens with zero attached hydrogens (tertiary/aromatic N) is 1. The van der Waals surface area contributed by atoms with Gasteiger partial charge in [-0.2, -0.15) is 4.31 Å². The standard InChI is InChI=1S/C23H27FN2O5S2/c1-3-31-23(28)20-17-11-6-14(2)13-19(17)32-22(20)25-21(27)18-5-4-12-26(18)33(29,30)16-9-7-15(24)8-10-16/h7-10,14,18H,3-6,11-13H2,1-2H3,(H,25,27). The van der Waals surface area contributed by atoms with Crippen molar-refractivity contribution in [3.8, 4) is 0 Å². The zero-order valence-electron chi connectivity index (χ0n) is 18.6. The highest BCUT2D eigenvalue weighted by atomic mass is 32.2. The number of fused-ring (bicyclic) bond motifs is 1. The second-order valence-electron chi connectivity index (χ2n) is 8.49. The van der Waals surface area contributed by atoms with Crippen molar-refractivity contribution in [2.75, 3.05) is 18.5 Å². The summed E-state index contributed by atoms with van der Waals surface area (Å²) in [5.41, 5.74) is 1.32. The molecular weight excluding hydrogens is 467 g/mol. The molecule has 2 aromatic rings. The van der Waals surface area contributed by atoms with E-state index < -0.39 is 33.8 Å². The van der Waals surface area contributed by atoms with Crippen molar-refractivity contribution in [1.29, 1.82) is 0 Å². The molecule has 1 saturated heterocycles.